The van der Waals surface area contributed by atoms with Crippen LogP contribution in [0.5, 0.6) is 0 Å². The van der Waals surface area contributed by atoms with Crippen molar-refractivity contribution >= 4 is 11.8 Å². The van der Waals surface area contributed by atoms with Crippen LogP contribution in [-0.4, -0.2) is 23.8 Å². The first-order chi connectivity index (χ1) is 6.20. The minimum atomic E-state index is -0.0208. The fourth-order valence-electron chi connectivity index (χ4n) is 3.05. The van der Waals surface area contributed by atoms with Gasteiger partial charge < -0.3 is 0 Å². The monoisotopic (exact) mass is 177 g/mol. The Morgan fingerprint density at radius 1 is 1.15 bits per heavy atom. The predicted octanol–water partition coefficient (Wildman–Crippen LogP) is 0.423. The third kappa shape index (κ3) is 0.666. The highest BCUT2D eigenvalue weighted by molar-refractivity contribution is 6.06. The van der Waals surface area contributed by atoms with Crippen molar-refractivity contribution in [2.45, 2.75) is 6.42 Å². The van der Waals surface area contributed by atoms with Gasteiger partial charge in [-0.05, 0) is 18.3 Å². The van der Waals surface area contributed by atoms with Gasteiger partial charge in [-0.15, -0.1) is 0 Å². The second-order valence-corrected chi connectivity index (χ2v) is 4.24. The minimum Gasteiger partial charge on any atom is -0.285 e. The molecule has 2 unspecified atom stereocenters. The largest absolute Gasteiger partial charge is 0.285 e. The fourth-order valence-corrected chi connectivity index (χ4v) is 3.05. The Morgan fingerprint density at radius 3 is 2.08 bits per heavy atom. The number of hydrogen-bond donors (Lipinski definition) is 0. The van der Waals surface area contributed by atoms with Gasteiger partial charge in [0, 0.05) is 7.05 Å². The van der Waals surface area contributed by atoms with Crippen molar-refractivity contribution in [3.05, 3.63) is 12.2 Å². The first-order valence-electron chi connectivity index (χ1n) is 4.70. The highest BCUT2D eigenvalue weighted by Crippen LogP contribution is 2.52. The Morgan fingerprint density at radius 2 is 1.62 bits per heavy atom. The molecule has 1 saturated heterocycles. The van der Waals surface area contributed by atoms with E-state index in [9.17, 15) is 9.59 Å². The molecule has 2 fully saturated rings. The summed E-state index contributed by atoms with van der Waals surface area (Å²) in [5, 5.41) is 0. The van der Waals surface area contributed by atoms with Gasteiger partial charge in [0.15, 0.2) is 0 Å². The van der Waals surface area contributed by atoms with Gasteiger partial charge in [-0.25, -0.2) is 0 Å². The maximum absolute atomic E-state index is 11.7. The number of rotatable bonds is 0. The molecule has 2 bridgehead atoms. The van der Waals surface area contributed by atoms with E-state index in [1.54, 1.807) is 7.05 Å². The van der Waals surface area contributed by atoms with Crippen LogP contribution >= 0.6 is 0 Å². The third-order valence-electron chi connectivity index (χ3n) is 3.69. The highest BCUT2D eigenvalue weighted by atomic mass is 16.2. The number of carbonyl (C=O) groups is 2. The zero-order chi connectivity index (χ0) is 9.16. The van der Waals surface area contributed by atoms with Crippen molar-refractivity contribution < 1.29 is 9.59 Å². The van der Waals surface area contributed by atoms with Gasteiger partial charge in [0.1, 0.15) is 0 Å². The van der Waals surface area contributed by atoms with E-state index in [0.29, 0.717) is 11.8 Å². The SMILES string of the molecule is CN1C(=O)C2C3C=C[C@@H](C3)[C@@H]2C1=O. The first-order valence-corrected chi connectivity index (χ1v) is 4.70. The lowest BCUT2D eigenvalue weighted by molar-refractivity contribution is -0.138. The molecule has 0 radical (unpaired) electrons. The Labute approximate surface area is 76.4 Å². The Balaban J connectivity index is 2.08. The number of imide groups is 1. The molecule has 1 aliphatic heterocycles. The molecule has 2 amide bonds. The molecule has 3 rings (SSSR count). The Bertz CT molecular complexity index is 304. The quantitative estimate of drug-likeness (QED) is 0.397. The van der Waals surface area contributed by atoms with Crippen LogP contribution in [0.25, 0.3) is 0 Å². The molecule has 1 saturated carbocycles. The number of nitrogens with zero attached hydrogens (tertiary/aromatic N) is 1. The van der Waals surface area contributed by atoms with Crippen molar-refractivity contribution in [3.63, 3.8) is 0 Å². The average molecular weight is 177 g/mol. The van der Waals surface area contributed by atoms with E-state index in [0.717, 1.165) is 6.42 Å². The molecule has 68 valence electrons. The summed E-state index contributed by atoms with van der Waals surface area (Å²) >= 11 is 0. The molecule has 0 aromatic heterocycles. The van der Waals surface area contributed by atoms with Gasteiger partial charge in [0.05, 0.1) is 11.8 Å². The summed E-state index contributed by atoms with van der Waals surface area (Å²) in [4.78, 5) is 24.6. The summed E-state index contributed by atoms with van der Waals surface area (Å²) in [7, 11) is 1.60. The molecule has 3 nitrogen and oxygen atoms in total. The lowest BCUT2D eigenvalue weighted by Gasteiger charge is -2.14. The average Bonchev–Trinajstić information content (AvgIpc) is 2.76. The van der Waals surface area contributed by atoms with Gasteiger partial charge in [-0.1, -0.05) is 12.2 Å². The first kappa shape index (κ1) is 7.30. The van der Waals surface area contributed by atoms with Crippen molar-refractivity contribution in [2.75, 3.05) is 7.05 Å². The van der Waals surface area contributed by atoms with Crippen LogP contribution in [0, 0.1) is 23.7 Å². The zero-order valence-electron chi connectivity index (χ0n) is 7.43. The van der Waals surface area contributed by atoms with Gasteiger partial charge >= 0.3 is 0 Å². The molecular weight excluding hydrogens is 166 g/mol. The van der Waals surface area contributed by atoms with Crippen LogP contribution in [0.3, 0.4) is 0 Å². The number of amides is 2. The summed E-state index contributed by atoms with van der Waals surface area (Å²) in [6.07, 6.45) is 5.23. The predicted molar refractivity (Wildman–Crippen MR) is 45.5 cm³/mol. The van der Waals surface area contributed by atoms with Crippen LogP contribution in [0.4, 0.5) is 0 Å². The third-order valence-corrected chi connectivity index (χ3v) is 3.69. The molecule has 3 heteroatoms. The summed E-state index contributed by atoms with van der Waals surface area (Å²) in [5.41, 5.74) is 0. The molecule has 0 aromatic rings. The van der Waals surface area contributed by atoms with Crippen molar-refractivity contribution in [2.24, 2.45) is 23.7 Å². The standard InChI is InChI=1S/C10H11NO2/c1-11-9(12)7-5-2-3-6(4-5)8(7)10(11)13/h2-3,5-8H,4H2,1H3/t5-,6?,7-,8?/m0/s1. The van der Waals surface area contributed by atoms with Gasteiger partial charge in [0.2, 0.25) is 11.8 Å². The van der Waals surface area contributed by atoms with E-state index in [1.165, 1.54) is 4.90 Å². The summed E-state index contributed by atoms with van der Waals surface area (Å²) in [6, 6.07) is 0. The highest BCUT2D eigenvalue weighted by Gasteiger charge is 2.58. The molecule has 3 aliphatic rings. The lowest BCUT2D eigenvalue weighted by Crippen LogP contribution is -2.28. The molecular formula is C10H11NO2. The van der Waals surface area contributed by atoms with Crippen LogP contribution in [-0.2, 0) is 9.59 Å². The normalized spacial score (nSPS) is 46.4. The Hall–Kier alpha value is -1.12. The van der Waals surface area contributed by atoms with E-state index in [4.69, 9.17) is 0 Å². The second kappa shape index (κ2) is 2.03. The molecule has 0 N–H and O–H groups in total. The van der Waals surface area contributed by atoms with Crippen LogP contribution in [0.1, 0.15) is 6.42 Å². The smallest absolute Gasteiger partial charge is 0.233 e. The number of fused-ring (bicyclic) bond motifs is 5. The van der Waals surface area contributed by atoms with Crippen LogP contribution < -0.4 is 0 Å². The molecule has 0 aromatic carbocycles. The van der Waals surface area contributed by atoms with Crippen molar-refractivity contribution in [1.29, 1.82) is 0 Å². The minimum absolute atomic E-state index is 0.0208. The maximum Gasteiger partial charge on any atom is 0.233 e. The summed E-state index contributed by atoms with van der Waals surface area (Å²) in [5.74, 6) is 0.714. The Kier molecular flexibility index (Phi) is 1.14. The van der Waals surface area contributed by atoms with Gasteiger partial charge in [0.25, 0.3) is 0 Å². The summed E-state index contributed by atoms with van der Waals surface area (Å²) < 4.78 is 0. The number of carbonyl (C=O) groups excluding carboxylic acids is 2. The topological polar surface area (TPSA) is 37.4 Å². The molecule has 4 atom stereocenters. The molecule has 2 aliphatic carbocycles. The van der Waals surface area contributed by atoms with Crippen LogP contribution in [0.2, 0.25) is 0 Å². The number of hydrogen-bond acceptors (Lipinski definition) is 2. The molecule has 0 spiro atoms. The van der Waals surface area contributed by atoms with E-state index in [-0.39, 0.29) is 23.7 Å². The van der Waals surface area contributed by atoms with Gasteiger partial charge in [-0.2, -0.15) is 0 Å². The van der Waals surface area contributed by atoms with Gasteiger partial charge in [-0.3, -0.25) is 14.5 Å². The second-order valence-electron chi connectivity index (χ2n) is 4.24. The van der Waals surface area contributed by atoms with Crippen molar-refractivity contribution in [3.8, 4) is 0 Å². The summed E-state index contributed by atoms with van der Waals surface area (Å²) in [6.45, 7) is 0. The van der Waals surface area contributed by atoms with Crippen LogP contribution in [0.15, 0.2) is 12.2 Å². The molecule has 13 heavy (non-hydrogen) atoms. The molecule has 1 heterocycles. The number of likely N-dealkylation sites (tertiary alicyclic amines) is 1. The van der Waals surface area contributed by atoms with E-state index in [1.807, 2.05) is 0 Å². The number of allylic oxidation sites excluding steroid dienone is 2. The van der Waals surface area contributed by atoms with E-state index in [2.05, 4.69) is 12.2 Å². The fraction of sp³-hybridized carbons (Fsp3) is 0.600. The maximum atomic E-state index is 11.7. The van der Waals surface area contributed by atoms with Crippen molar-refractivity contribution in [1.82, 2.24) is 4.90 Å². The van der Waals surface area contributed by atoms with E-state index >= 15 is 0 Å². The van der Waals surface area contributed by atoms with E-state index < -0.39 is 0 Å². The lowest BCUT2D eigenvalue weighted by atomic mass is 9.85. The zero-order valence-corrected chi connectivity index (χ0v) is 7.43.